The largest absolute Gasteiger partial charge is 0.347 e. The summed E-state index contributed by atoms with van der Waals surface area (Å²) in [6.45, 7) is 6.17. The monoisotopic (exact) mass is 382 g/mol. The molecule has 5 nitrogen and oxygen atoms in total. The molecule has 142 valence electrons. The predicted octanol–water partition coefficient (Wildman–Crippen LogP) is 4.36. The lowest BCUT2D eigenvalue weighted by molar-refractivity contribution is -0.116. The summed E-state index contributed by atoms with van der Waals surface area (Å²) in [5.41, 5.74) is 2.22. The maximum atomic E-state index is 12.3. The highest BCUT2D eigenvalue weighted by molar-refractivity contribution is 7.13. The molecule has 27 heavy (non-hydrogen) atoms. The van der Waals surface area contributed by atoms with Gasteiger partial charge in [0.25, 0.3) is 0 Å². The molecule has 0 bridgehead atoms. The van der Waals surface area contributed by atoms with Gasteiger partial charge in [-0.3, -0.25) is 9.69 Å². The highest BCUT2D eigenvalue weighted by atomic mass is 32.1. The maximum absolute atomic E-state index is 12.3. The molecule has 1 aromatic carbocycles. The Bertz CT molecular complexity index is 908. The molecule has 1 aliphatic rings. The highest BCUT2D eigenvalue weighted by Crippen LogP contribution is 2.21. The molecular formula is C21H26N4OS. The SMILES string of the molecule is CC1CCN(Cc2csc(NC(=O)CCn3ccc4ccccc43)n2)CC1. The van der Waals surface area contributed by atoms with Crippen LogP contribution in [0.4, 0.5) is 5.13 Å². The second-order valence-corrected chi connectivity index (χ2v) is 8.33. The third-order valence-corrected chi connectivity index (χ3v) is 6.13. The number of aryl methyl sites for hydroxylation is 1. The number of nitrogens with one attached hydrogen (secondary N) is 1. The van der Waals surface area contributed by atoms with E-state index in [1.807, 2.05) is 18.3 Å². The van der Waals surface area contributed by atoms with Crippen LogP contribution < -0.4 is 5.32 Å². The van der Waals surface area contributed by atoms with Gasteiger partial charge in [-0.05, 0) is 49.4 Å². The molecule has 0 unspecified atom stereocenters. The molecule has 6 heteroatoms. The molecule has 4 rings (SSSR count). The summed E-state index contributed by atoms with van der Waals surface area (Å²) in [5.74, 6) is 0.851. The van der Waals surface area contributed by atoms with Gasteiger partial charge in [0.2, 0.25) is 5.91 Å². The van der Waals surface area contributed by atoms with E-state index in [4.69, 9.17) is 0 Å². The number of benzene rings is 1. The Morgan fingerprint density at radius 1 is 1.26 bits per heavy atom. The number of thiazole rings is 1. The Balaban J connectivity index is 1.28. The molecule has 0 radical (unpaired) electrons. The van der Waals surface area contributed by atoms with Crippen molar-refractivity contribution < 1.29 is 4.79 Å². The standard InChI is InChI=1S/C21H26N4OS/c1-16-6-10-24(11-7-16)14-18-15-27-21(22-18)23-20(26)9-13-25-12-8-17-4-2-3-5-19(17)25/h2-5,8,12,15-16H,6-7,9-11,13-14H2,1H3,(H,22,23,26). The summed E-state index contributed by atoms with van der Waals surface area (Å²) in [6.07, 6.45) is 5.01. The molecule has 3 heterocycles. The molecule has 1 fully saturated rings. The fourth-order valence-corrected chi connectivity index (χ4v) is 4.34. The van der Waals surface area contributed by atoms with Gasteiger partial charge in [0.1, 0.15) is 0 Å². The summed E-state index contributed by atoms with van der Waals surface area (Å²) >= 11 is 1.52. The zero-order chi connectivity index (χ0) is 18.6. The lowest BCUT2D eigenvalue weighted by Gasteiger charge is -2.29. The van der Waals surface area contributed by atoms with E-state index in [-0.39, 0.29) is 5.91 Å². The van der Waals surface area contributed by atoms with Gasteiger partial charge in [-0.15, -0.1) is 11.3 Å². The first-order valence-electron chi connectivity index (χ1n) is 9.68. The first-order chi connectivity index (χ1) is 13.2. The van der Waals surface area contributed by atoms with Crippen molar-refractivity contribution in [2.45, 2.75) is 39.3 Å². The predicted molar refractivity (Wildman–Crippen MR) is 111 cm³/mol. The van der Waals surface area contributed by atoms with Gasteiger partial charge in [-0.2, -0.15) is 0 Å². The van der Waals surface area contributed by atoms with E-state index in [1.165, 1.54) is 29.6 Å². The van der Waals surface area contributed by atoms with Crippen molar-refractivity contribution in [3.05, 3.63) is 47.6 Å². The molecule has 1 N–H and O–H groups in total. The number of rotatable bonds is 6. The summed E-state index contributed by atoms with van der Waals surface area (Å²) < 4.78 is 2.12. The molecular weight excluding hydrogens is 356 g/mol. The minimum Gasteiger partial charge on any atom is -0.347 e. The van der Waals surface area contributed by atoms with E-state index in [9.17, 15) is 4.79 Å². The Morgan fingerprint density at radius 3 is 2.93 bits per heavy atom. The van der Waals surface area contributed by atoms with Crippen LogP contribution in [-0.2, 0) is 17.9 Å². The van der Waals surface area contributed by atoms with Crippen LogP contribution in [-0.4, -0.2) is 33.4 Å². The van der Waals surface area contributed by atoms with E-state index >= 15 is 0 Å². The molecule has 1 amide bonds. The average Bonchev–Trinajstić information content (AvgIpc) is 3.29. The fraction of sp³-hybridized carbons (Fsp3) is 0.429. The van der Waals surface area contributed by atoms with Gasteiger partial charge >= 0.3 is 0 Å². The topological polar surface area (TPSA) is 50.2 Å². The van der Waals surface area contributed by atoms with Crippen molar-refractivity contribution in [3.63, 3.8) is 0 Å². The minimum atomic E-state index is 0.0143. The van der Waals surface area contributed by atoms with E-state index in [0.29, 0.717) is 18.1 Å². The zero-order valence-electron chi connectivity index (χ0n) is 15.7. The number of aromatic nitrogens is 2. The number of likely N-dealkylation sites (tertiary alicyclic amines) is 1. The van der Waals surface area contributed by atoms with Crippen LogP contribution in [0, 0.1) is 5.92 Å². The number of hydrogen-bond donors (Lipinski definition) is 1. The lowest BCUT2D eigenvalue weighted by atomic mass is 9.99. The number of piperidine rings is 1. The van der Waals surface area contributed by atoms with Crippen molar-refractivity contribution in [2.24, 2.45) is 5.92 Å². The van der Waals surface area contributed by atoms with Gasteiger partial charge in [0, 0.05) is 36.6 Å². The molecule has 0 saturated carbocycles. The third-order valence-electron chi connectivity index (χ3n) is 5.32. The molecule has 1 saturated heterocycles. The summed E-state index contributed by atoms with van der Waals surface area (Å²) in [4.78, 5) is 19.4. The lowest BCUT2D eigenvalue weighted by Crippen LogP contribution is -2.32. The molecule has 0 spiro atoms. The Morgan fingerprint density at radius 2 is 2.07 bits per heavy atom. The van der Waals surface area contributed by atoms with Gasteiger partial charge in [-0.1, -0.05) is 25.1 Å². The summed E-state index contributed by atoms with van der Waals surface area (Å²) in [6, 6.07) is 10.3. The third kappa shape index (κ3) is 4.57. The first-order valence-corrected chi connectivity index (χ1v) is 10.6. The Labute approximate surface area is 164 Å². The number of para-hydroxylation sites is 1. The van der Waals surface area contributed by atoms with Crippen LogP contribution in [0.1, 0.15) is 31.9 Å². The van der Waals surface area contributed by atoms with Gasteiger partial charge in [0.15, 0.2) is 5.13 Å². The van der Waals surface area contributed by atoms with E-state index < -0.39 is 0 Å². The Kier molecular flexibility index (Phi) is 5.55. The van der Waals surface area contributed by atoms with Crippen molar-refractivity contribution in [1.29, 1.82) is 0 Å². The summed E-state index contributed by atoms with van der Waals surface area (Å²) in [5, 5.41) is 6.93. The van der Waals surface area contributed by atoms with Crippen molar-refractivity contribution in [3.8, 4) is 0 Å². The van der Waals surface area contributed by atoms with Crippen LogP contribution >= 0.6 is 11.3 Å². The first kappa shape index (κ1) is 18.2. The van der Waals surface area contributed by atoms with Crippen LogP contribution in [0.3, 0.4) is 0 Å². The number of anilines is 1. The highest BCUT2D eigenvalue weighted by Gasteiger charge is 2.17. The maximum Gasteiger partial charge on any atom is 0.227 e. The van der Waals surface area contributed by atoms with E-state index in [0.717, 1.165) is 36.8 Å². The van der Waals surface area contributed by atoms with Gasteiger partial charge in [-0.25, -0.2) is 4.98 Å². The van der Waals surface area contributed by atoms with Crippen LogP contribution in [0.25, 0.3) is 10.9 Å². The van der Waals surface area contributed by atoms with Crippen molar-refractivity contribution in [1.82, 2.24) is 14.5 Å². The number of nitrogens with zero attached hydrogens (tertiary/aromatic N) is 3. The zero-order valence-corrected chi connectivity index (χ0v) is 16.5. The number of carbonyl (C=O) groups excluding carboxylic acids is 1. The number of fused-ring (bicyclic) bond motifs is 1. The summed E-state index contributed by atoms with van der Waals surface area (Å²) in [7, 11) is 0. The van der Waals surface area contributed by atoms with Crippen molar-refractivity contribution >= 4 is 33.3 Å². The molecule has 1 aliphatic heterocycles. The van der Waals surface area contributed by atoms with Crippen LogP contribution in [0.15, 0.2) is 41.9 Å². The van der Waals surface area contributed by atoms with E-state index in [2.05, 4.69) is 50.3 Å². The fourth-order valence-electron chi connectivity index (χ4n) is 3.63. The van der Waals surface area contributed by atoms with Crippen LogP contribution in [0.2, 0.25) is 0 Å². The second-order valence-electron chi connectivity index (χ2n) is 7.47. The van der Waals surface area contributed by atoms with Crippen LogP contribution in [0.5, 0.6) is 0 Å². The molecule has 0 atom stereocenters. The average molecular weight is 383 g/mol. The van der Waals surface area contributed by atoms with Gasteiger partial charge in [0.05, 0.1) is 5.69 Å². The minimum absolute atomic E-state index is 0.0143. The second kappa shape index (κ2) is 8.23. The molecule has 3 aromatic rings. The normalized spacial score (nSPS) is 16.0. The van der Waals surface area contributed by atoms with Gasteiger partial charge < -0.3 is 9.88 Å². The molecule has 2 aromatic heterocycles. The molecule has 0 aliphatic carbocycles. The number of amides is 1. The van der Waals surface area contributed by atoms with E-state index in [1.54, 1.807) is 0 Å². The smallest absolute Gasteiger partial charge is 0.227 e. The number of carbonyl (C=O) groups is 1. The quantitative estimate of drug-likeness (QED) is 0.689. The Hall–Kier alpha value is -2.18. The van der Waals surface area contributed by atoms with Crippen molar-refractivity contribution in [2.75, 3.05) is 18.4 Å². The number of hydrogen-bond acceptors (Lipinski definition) is 4.